The third kappa shape index (κ3) is 4.79. The fraction of sp³-hybridized carbons (Fsp3) is 0.357. The SMILES string of the molecule is C#CC(CC)NC(=O)CCOc1ccc(N)cc1. The summed E-state index contributed by atoms with van der Waals surface area (Å²) < 4.78 is 5.41. The van der Waals surface area contributed by atoms with E-state index < -0.39 is 0 Å². The fourth-order valence-electron chi connectivity index (χ4n) is 1.35. The third-order valence-corrected chi connectivity index (χ3v) is 2.42. The minimum Gasteiger partial charge on any atom is -0.493 e. The molecular weight excluding hydrogens is 228 g/mol. The second kappa shape index (κ2) is 7.23. The van der Waals surface area contributed by atoms with Gasteiger partial charge in [0.25, 0.3) is 0 Å². The van der Waals surface area contributed by atoms with E-state index in [1.807, 2.05) is 6.92 Å². The predicted octanol–water partition coefficient (Wildman–Crippen LogP) is 1.57. The maximum absolute atomic E-state index is 11.5. The molecule has 0 spiro atoms. The van der Waals surface area contributed by atoms with Crippen LogP contribution in [0.2, 0.25) is 0 Å². The molecular formula is C14H18N2O2. The molecule has 0 fully saturated rings. The molecule has 0 heterocycles. The van der Waals surface area contributed by atoms with Gasteiger partial charge in [-0.15, -0.1) is 6.42 Å². The van der Waals surface area contributed by atoms with Crippen LogP contribution in [0.25, 0.3) is 0 Å². The van der Waals surface area contributed by atoms with Gasteiger partial charge in [-0.1, -0.05) is 12.8 Å². The number of terminal acetylenes is 1. The van der Waals surface area contributed by atoms with Gasteiger partial charge in [0.1, 0.15) is 5.75 Å². The minimum absolute atomic E-state index is 0.102. The van der Waals surface area contributed by atoms with Gasteiger partial charge in [0, 0.05) is 5.69 Å². The smallest absolute Gasteiger partial charge is 0.224 e. The Labute approximate surface area is 108 Å². The van der Waals surface area contributed by atoms with Crippen molar-refractivity contribution in [1.82, 2.24) is 5.32 Å². The van der Waals surface area contributed by atoms with Crippen LogP contribution in [-0.2, 0) is 4.79 Å². The van der Waals surface area contributed by atoms with Crippen molar-refractivity contribution in [3.63, 3.8) is 0 Å². The van der Waals surface area contributed by atoms with Crippen molar-refractivity contribution in [1.29, 1.82) is 0 Å². The van der Waals surface area contributed by atoms with Gasteiger partial charge >= 0.3 is 0 Å². The number of nitrogens with one attached hydrogen (secondary N) is 1. The Morgan fingerprint density at radius 1 is 1.50 bits per heavy atom. The van der Waals surface area contributed by atoms with Crippen LogP contribution in [0.15, 0.2) is 24.3 Å². The van der Waals surface area contributed by atoms with E-state index in [9.17, 15) is 4.79 Å². The number of nitrogens with two attached hydrogens (primary N) is 1. The van der Waals surface area contributed by atoms with Gasteiger partial charge in [0.15, 0.2) is 0 Å². The van der Waals surface area contributed by atoms with E-state index in [2.05, 4.69) is 11.2 Å². The van der Waals surface area contributed by atoms with E-state index in [1.165, 1.54) is 0 Å². The molecule has 1 aromatic carbocycles. The second-order valence-electron chi connectivity index (χ2n) is 3.86. The summed E-state index contributed by atoms with van der Waals surface area (Å²) in [6.45, 7) is 2.24. The lowest BCUT2D eigenvalue weighted by atomic mass is 10.2. The molecule has 0 saturated heterocycles. The number of anilines is 1. The number of carbonyl (C=O) groups excluding carboxylic acids is 1. The van der Waals surface area contributed by atoms with E-state index >= 15 is 0 Å². The van der Waals surface area contributed by atoms with Crippen LogP contribution in [-0.4, -0.2) is 18.6 Å². The molecule has 0 aliphatic heterocycles. The number of amides is 1. The van der Waals surface area contributed by atoms with Crippen LogP contribution in [0.4, 0.5) is 5.69 Å². The first-order valence-electron chi connectivity index (χ1n) is 5.89. The summed E-state index contributed by atoms with van der Waals surface area (Å²) in [4.78, 5) is 11.5. The topological polar surface area (TPSA) is 64.3 Å². The molecule has 0 saturated carbocycles. The highest BCUT2D eigenvalue weighted by atomic mass is 16.5. The zero-order valence-corrected chi connectivity index (χ0v) is 10.5. The zero-order valence-electron chi connectivity index (χ0n) is 10.5. The molecule has 3 N–H and O–H groups in total. The lowest BCUT2D eigenvalue weighted by molar-refractivity contribution is -0.121. The number of benzene rings is 1. The molecule has 1 amide bonds. The van der Waals surface area contributed by atoms with Crippen molar-refractivity contribution in [2.75, 3.05) is 12.3 Å². The summed E-state index contributed by atoms with van der Waals surface area (Å²) >= 11 is 0. The maximum atomic E-state index is 11.5. The molecule has 1 atom stereocenters. The van der Waals surface area contributed by atoms with Crippen LogP contribution in [0.1, 0.15) is 19.8 Å². The third-order valence-electron chi connectivity index (χ3n) is 2.42. The number of ether oxygens (including phenoxy) is 1. The largest absolute Gasteiger partial charge is 0.493 e. The van der Waals surface area contributed by atoms with Crippen molar-refractivity contribution < 1.29 is 9.53 Å². The van der Waals surface area contributed by atoms with Crippen molar-refractivity contribution in [3.8, 4) is 18.1 Å². The molecule has 0 radical (unpaired) electrons. The Hall–Kier alpha value is -2.15. The number of nitrogen functional groups attached to an aromatic ring is 1. The van der Waals surface area contributed by atoms with Gasteiger partial charge in [0.2, 0.25) is 5.91 Å². The monoisotopic (exact) mass is 246 g/mol. The lowest BCUT2D eigenvalue weighted by Gasteiger charge is -2.11. The summed E-state index contributed by atoms with van der Waals surface area (Å²) in [6, 6.07) is 6.84. The number of hydrogen-bond donors (Lipinski definition) is 2. The number of rotatable bonds is 6. The normalized spacial score (nSPS) is 11.3. The average molecular weight is 246 g/mol. The van der Waals surface area contributed by atoms with Crippen molar-refractivity contribution in [2.45, 2.75) is 25.8 Å². The standard InChI is InChI=1S/C14H18N2O2/c1-3-12(4-2)16-14(17)9-10-18-13-7-5-11(15)6-8-13/h1,5-8,12H,4,9-10,15H2,2H3,(H,16,17). The van der Waals surface area contributed by atoms with Crippen molar-refractivity contribution in [2.24, 2.45) is 0 Å². The quantitative estimate of drug-likeness (QED) is 0.591. The van der Waals surface area contributed by atoms with E-state index in [-0.39, 0.29) is 18.4 Å². The Balaban J connectivity index is 2.27. The van der Waals surface area contributed by atoms with Gasteiger partial charge in [-0.05, 0) is 30.7 Å². The van der Waals surface area contributed by atoms with Crippen molar-refractivity contribution in [3.05, 3.63) is 24.3 Å². The van der Waals surface area contributed by atoms with E-state index in [4.69, 9.17) is 16.9 Å². The number of carbonyl (C=O) groups is 1. The second-order valence-corrected chi connectivity index (χ2v) is 3.86. The Bertz CT molecular complexity index is 420. The molecule has 4 nitrogen and oxygen atoms in total. The molecule has 18 heavy (non-hydrogen) atoms. The van der Waals surface area contributed by atoms with Gasteiger partial charge in [0.05, 0.1) is 19.1 Å². The molecule has 0 aliphatic rings. The molecule has 1 unspecified atom stereocenters. The van der Waals surface area contributed by atoms with Gasteiger partial charge < -0.3 is 15.8 Å². The van der Waals surface area contributed by atoms with Gasteiger partial charge in [-0.2, -0.15) is 0 Å². The van der Waals surface area contributed by atoms with E-state index in [0.717, 1.165) is 6.42 Å². The molecule has 1 aromatic rings. The molecule has 0 aliphatic carbocycles. The van der Waals surface area contributed by atoms with Crippen LogP contribution in [0.5, 0.6) is 5.75 Å². The highest BCUT2D eigenvalue weighted by Gasteiger charge is 2.07. The number of hydrogen-bond acceptors (Lipinski definition) is 3. The van der Waals surface area contributed by atoms with Crippen LogP contribution in [0.3, 0.4) is 0 Å². The molecule has 0 aromatic heterocycles. The Morgan fingerprint density at radius 3 is 2.72 bits per heavy atom. The van der Waals surface area contributed by atoms with Gasteiger partial charge in [-0.3, -0.25) is 4.79 Å². The van der Waals surface area contributed by atoms with Crippen LogP contribution >= 0.6 is 0 Å². The fourth-order valence-corrected chi connectivity index (χ4v) is 1.35. The maximum Gasteiger partial charge on any atom is 0.224 e. The van der Waals surface area contributed by atoms with Crippen LogP contribution in [0, 0.1) is 12.3 Å². The summed E-state index contributed by atoms with van der Waals surface area (Å²) in [5.41, 5.74) is 6.23. The first-order chi connectivity index (χ1) is 8.65. The summed E-state index contributed by atoms with van der Waals surface area (Å²) in [7, 11) is 0. The molecule has 0 bridgehead atoms. The zero-order chi connectivity index (χ0) is 13.4. The highest BCUT2D eigenvalue weighted by Crippen LogP contribution is 2.13. The molecule has 96 valence electrons. The first kappa shape index (κ1) is 13.9. The summed E-state index contributed by atoms with van der Waals surface area (Å²) in [5.74, 6) is 3.10. The lowest BCUT2D eigenvalue weighted by Crippen LogP contribution is -2.33. The summed E-state index contributed by atoms with van der Waals surface area (Å²) in [5, 5.41) is 2.74. The highest BCUT2D eigenvalue weighted by molar-refractivity contribution is 5.76. The molecule has 1 rings (SSSR count). The predicted molar refractivity (Wildman–Crippen MR) is 72.0 cm³/mol. The van der Waals surface area contributed by atoms with Crippen LogP contribution < -0.4 is 15.8 Å². The van der Waals surface area contributed by atoms with Crippen molar-refractivity contribution >= 4 is 11.6 Å². The molecule has 4 heteroatoms. The average Bonchev–Trinajstić information content (AvgIpc) is 2.38. The summed E-state index contributed by atoms with van der Waals surface area (Å²) in [6.07, 6.45) is 6.26. The first-order valence-corrected chi connectivity index (χ1v) is 5.89. The van der Waals surface area contributed by atoms with Gasteiger partial charge in [-0.25, -0.2) is 0 Å². The Kier molecular flexibility index (Phi) is 5.59. The Morgan fingerprint density at radius 2 is 2.17 bits per heavy atom. The van der Waals surface area contributed by atoms with E-state index in [1.54, 1.807) is 24.3 Å². The minimum atomic E-state index is -0.200. The van der Waals surface area contributed by atoms with E-state index in [0.29, 0.717) is 18.0 Å².